The van der Waals surface area contributed by atoms with Crippen LogP contribution in [0.5, 0.6) is 5.75 Å². The van der Waals surface area contributed by atoms with Crippen molar-refractivity contribution in [1.82, 2.24) is 5.16 Å². The van der Waals surface area contributed by atoms with Crippen LogP contribution in [0.15, 0.2) is 33.3 Å². The molecule has 1 aromatic heterocycles. The molecule has 0 aliphatic heterocycles. The van der Waals surface area contributed by atoms with Crippen LogP contribution in [-0.2, 0) is 6.61 Å². The van der Waals surface area contributed by atoms with E-state index < -0.39 is 6.10 Å². The van der Waals surface area contributed by atoms with Crippen LogP contribution < -0.4 is 4.74 Å². The molecule has 18 heavy (non-hydrogen) atoms. The zero-order chi connectivity index (χ0) is 13.1. The van der Waals surface area contributed by atoms with Crippen LogP contribution >= 0.6 is 15.9 Å². The van der Waals surface area contributed by atoms with Crippen LogP contribution in [0.4, 0.5) is 0 Å². The molecule has 0 amide bonds. The Balaban J connectivity index is 2.15. The molecule has 0 radical (unpaired) electrons. The fourth-order valence-electron chi connectivity index (χ4n) is 1.62. The third-order valence-corrected chi connectivity index (χ3v) is 2.97. The summed E-state index contributed by atoms with van der Waals surface area (Å²) >= 11 is 3.38. The van der Waals surface area contributed by atoms with Crippen LogP contribution in [0.2, 0.25) is 0 Å². The quantitative estimate of drug-likeness (QED) is 0.940. The molecule has 1 aromatic carbocycles. The van der Waals surface area contributed by atoms with E-state index in [4.69, 9.17) is 9.26 Å². The van der Waals surface area contributed by atoms with Gasteiger partial charge >= 0.3 is 0 Å². The predicted octanol–water partition coefficient (Wildman–Crippen LogP) is 3.38. The molecule has 5 heteroatoms. The molecule has 2 rings (SSSR count). The van der Waals surface area contributed by atoms with E-state index >= 15 is 0 Å². The number of hydrogen-bond donors (Lipinski definition) is 1. The van der Waals surface area contributed by atoms with E-state index in [2.05, 4.69) is 21.1 Å². The summed E-state index contributed by atoms with van der Waals surface area (Å²) in [6.45, 7) is 3.85. The standard InChI is InChI=1S/C13H14BrNO3/c1-8-5-11(15-18-8)7-17-13-6-10(14)3-4-12(13)9(2)16/h3-6,9,16H,7H2,1-2H3. The van der Waals surface area contributed by atoms with Gasteiger partial charge in [0.25, 0.3) is 0 Å². The predicted molar refractivity (Wildman–Crippen MR) is 70.3 cm³/mol. The number of hydrogen-bond acceptors (Lipinski definition) is 4. The molecule has 0 saturated carbocycles. The summed E-state index contributed by atoms with van der Waals surface area (Å²) in [5.74, 6) is 1.39. The number of halogens is 1. The second-order valence-electron chi connectivity index (χ2n) is 4.08. The minimum Gasteiger partial charge on any atom is -0.487 e. The highest BCUT2D eigenvalue weighted by Crippen LogP contribution is 2.29. The van der Waals surface area contributed by atoms with Gasteiger partial charge in [-0.2, -0.15) is 0 Å². The molecule has 0 saturated heterocycles. The van der Waals surface area contributed by atoms with Crippen molar-refractivity contribution in [3.63, 3.8) is 0 Å². The summed E-state index contributed by atoms with van der Waals surface area (Å²) in [5.41, 5.74) is 1.47. The highest BCUT2D eigenvalue weighted by molar-refractivity contribution is 9.10. The zero-order valence-electron chi connectivity index (χ0n) is 10.2. The summed E-state index contributed by atoms with van der Waals surface area (Å²) in [6.07, 6.45) is -0.577. The number of aryl methyl sites for hydroxylation is 1. The number of ether oxygens (including phenoxy) is 1. The van der Waals surface area contributed by atoms with Gasteiger partial charge in [-0.1, -0.05) is 27.2 Å². The van der Waals surface area contributed by atoms with Crippen LogP contribution in [0, 0.1) is 6.92 Å². The monoisotopic (exact) mass is 311 g/mol. The van der Waals surface area contributed by atoms with Gasteiger partial charge in [0.15, 0.2) is 0 Å². The van der Waals surface area contributed by atoms with Crippen molar-refractivity contribution in [2.45, 2.75) is 26.6 Å². The zero-order valence-corrected chi connectivity index (χ0v) is 11.8. The number of nitrogens with zero attached hydrogens (tertiary/aromatic N) is 1. The van der Waals surface area contributed by atoms with Crippen molar-refractivity contribution in [2.24, 2.45) is 0 Å². The number of aliphatic hydroxyl groups excluding tert-OH is 1. The van der Waals surface area contributed by atoms with Crippen LogP contribution in [0.25, 0.3) is 0 Å². The summed E-state index contributed by atoms with van der Waals surface area (Å²) < 4.78 is 11.5. The van der Waals surface area contributed by atoms with Gasteiger partial charge in [-0.3, -0.25) is 0 Å². The summed E-state index contributed by atoms with van der Waals surface area (Å²) in [6, 6.07) is 7.35. The number of benzene rings is 1. The van der Waals surface area contributed by atoms with Gasteiger partial charge in [-0.05, 0) is 26.0 Å². The molecule has 2 aromatic rings. The van der Waals surface area contributed by atoms with Gasteiger partial charge in [0, 0.05) is 16.1 Å². The van der Waals surface area contributed by atoms with Crippen LogP contribution in [-0.4, -0.2) is 10.3 Å². The lowest BCUT2D eigenvalue weighted by Crippen LogP contribution is -2.01. The molecule has 0 fully saturated rings. The van der Waals surface area contributed by atoms with E-state index in [1.54, 1.807) is 6.92 Å². The maximum absolute atomic E-state index is 9.67. The second-order valence-corrected chi connectivity index (χ2v) is 4.99. The maximum atomic E-state index is 9.67. The Bertz CT molecular complexity index is 537. The molecular formula is C13H14BrNO3. The SMILES string of the molecule is Cc1cc(COc2cc(Br)ccc2C(C)O)no1. The fourth-order valence-corrected chi connectivity index (χ4v) is 1.96. The smallest absolute Gasteiger partial charge is 0.134 e. The molecule has 0 spiro atoms. The van der Waals surface area contributed by atoms with Gasteiger partial charge < -0.3 is 14.4 Å². The lowest BCUT2D eigenvalue weighted by atomic mass is 10.1. The van der Waals surface area contributed by atoms with Crippen molar-refractivity contribution in [2.75, 3.05) is 0 Å². The summed E-state index contributed by atoms with van der Waals surface area (Å²) in [5, 5.41) is 13.5. The van der Waals surface area contributed by atoms with Crippen LogP contribution in [0.1, 0.15) is 30.0 Å². The van der Waals surface area contributed by atoms with E-state index in [0.29, 0.717) is 12.4 Å². The largest absolute Gasteiger partial charge is 0.487 e. The third-order valence-electron chi connectivity index (χ3n) is 2.48. The maximum Gasteiger partial charge on any atom is 0.134 e. The summed E-state index contributed by atoms with van der Waals surface area (Å²) in [7, 11) is 0. The molecule has 4 nitrogen and oxygen atoms in total. The first-order valence-electron chi connectivity index (χ1n) is 5.59. The molecule has 96 valence electrons. The Labute approximate surface area is 114 Å². The lowest BCUT2D eigenvalue weighted by molar-refractivity contribution is 0.189. The minimum atomic E-state index is -0.577. The van der Waals surface area contributed by atoms with Gasteiger partial charge in [0.2, 0.25) is 0 Å². The lowest BCUT2D eigenvalue weighted by Gasteiger charge is -2.12. The van der Waals surface area contributed by atoms with Crippen LogP contribution in [0.3, 0.4) is 0 Å². The van der Waals surface area contributed by atoms with Crippen molar-refractivity contribution >= 4 is 15.9 Å². The van der Waals surface area contributed by atoms with Crippen molar-refractivity contribution in [3.8, 4) is 5.75 Å². The molecule has 1 unspecified atom stereocenters. The molecule has 1 atom stereocenters. The Hall–Kier alpha value is -1.33. The average molecular weight is 312 g/mol. The average Bonchev–Trinajstić information content (AvgIpc) is 2.72. The normalized spacial score (nSPS) is 12.4. The Morgan fingerprint density at radius 2 is 2.22 bits per heavy atom. The van der Waals surface area contributed by atoms with Crippen molar-refractivity contribution in [3.05, 3.63) is 45.8 Å². The molecule has 1 heterocycles. The van der Waals surface area contributed by atoms with E-state index in [9.17, 15) is 5.11 Å². The van der Waals surface area contributed by atoms with E-state index in [-0.39, 0.29) is 0 Å². The molecule has 0 bridgehead atoms. The minimum absolute atomic E-state index is 0.313. The Morgan fingerprint density at radius 1 is 1.44 bits per heavy atom. The highest BCUT2D eigenvalue weighted by Gasteiger charge is 2.10. The van der Waals surface area contributed by atoms with E-state index in [0.717, 1.165) is 21.5 Å². The fraction of sp³-hybridized carbons (Fsp3) is 0.308. The first-order valence-corrected chi connectivity index (χ1v) is 6.38. The van der Waals surface area contributed by atoms with Crippen molar-refractivity contribution in [1.29, 1.82) is 0 Å². The van der Waals surface area contributed by atoms with Gasteiger partial charge in [0.05, 0.1) is 6.10 Å². The first kappa shape index (κ1) is 13.1. The number of aromatic nitrogens is 1. The first-order chi connectivity index (χ1) is 8.56. The summed E-state index contributed by atoms with van der Waals surface area (Å²) in [4.78, 5) is 0. The van der Waals surface area contributed by atoms with Crippen molar-refractivity contribution < 1.29 is 14.4 Å². The second kappa shape index (κ2) is 5.54. The topological polar surface area (TPSA) is 55.5 Å². The molecule has 0 aliphatic carbocycles. The molecular weight excluding hydrogens is 298 g/mol. The van der Waals surface area contributed by atoms with Gasteiger partial charge in [-0.15, -0.1) is 0 Å². The van der Waals surface area contributed by atoms with Gasteiger partial charge in [-0.25, -0.2) is 0 Å². The third kappa shape index (κ3) is 3.11. The molecule has 0 aliphatic rings. The van der Waals surface area contributed by atoms with E-state index in [1.807, 2.05) is 31.2 Å². The number of aliphatic hydroxyl groups is 1. The van der Waals surface area contributed by atoms with Gasteiger partial charge in [0.1, 0.15) is 23.8 Å². The highest BCUT2D eigenvalue weighted by atomic mass is 79.9. The van der Waals surface area contributed by atoms with E-state index in [1.165, 1.54) is 0 Å². The molecule has 1 N–H and O–H groups in total. The Kier molecular flexibility index (Phi) is 4.04. The Morgan fingerprint density at radius 3 is 2.83 bits per heavy atom. The number of rotatable bonds is 4.